The van der Waals surface area contributed by atoms with Crippen LogP contribution in [0.5, 0.6) is 0 Å². The van der Waals surface area contributed by atoms with Crippen LogP contribution in [0, 0.1) is 5.41 Å². The first-order valence-corrected chi connectivity index (χ1v) is 6.85. The molecule has 0 aromatic rings. The van der Waals surface area contributed by atoms with Crippen molar-refractivity contribution in [3.8, 4) is 0 Å². The van der Waals surface area contributed by atoms with Crippen LogP contribution >= 0.6 is 12.6 Å². The van der Waals surface area contributed by atoms with E-state index < -0.39 is 0 Å². The summed E-state index contributed by atoms with van der Waals surface area (Å²) in [7, 11) is 0. The van der Waals surface area contributed by atoms with Crippen LogP contribution < -0.4 is 5.32 Å². The Balaban J connectivity index is 2.26. The number of likely N-dealkylation sites (N-methyl/N-ethyl adjacent to an activating group) is 1. The van der Waals surface area contributed by atoms with Crippen LogP contribution in [0.3, 0.4) is 0 Å². The molecule has 98 valence electrons. The van der Waals surface area contributed by atoms with Crippen LogP contribution in [-0.2, 0) is 9.59 Å². The van der Waals surface area contributed by atoms with E-state index in [1.807, 2.05) is 13.8 Å². The number of rotatable bonds is 7. The Morgan fingerprint density at radius 3 is 2.29 bits per heavy atom. The topological polar surface area (TPSA) is 49.4 Å². The molecule has 0 heterocycles. The van der Waals surface area contributed by atoms with E-state index in [0.29, 0.717) is 19.5 Å². The van der Waals surface area contributed by atoms with Crippen molar-refractivity contribution >= 4 is 24.4 Å². The highest BCUT2D eigenvalue weighted by molar-refractivity contribution is 7.80. The van der Waals surface area contributed by atoms with Crippen molar-refractivity contribution in [3.05, 3.63) is 0 Å². The largest absolute Gasteiger partial charge is 0.347 e. The fourth-order valence-corrected chi connectivity index (χ4v) is 2.26. The van der Waals surface area contributed by atoms with E-state index in [1.165, 1.54) is 0 Å². The fraction of sp³-hybridized carbons (Fsp3) is 0.833. The zero-order valence-electron chi connectivity index (χ0n) is 10.7. The second kappa shape index (κ2) is 6.28. The third-order valence-electron chi connectivity index (χ3n) is 3.38. The average molecular weight is 258 g/mol. The lowest BCUT2D eigenvalue weighted by Crippen LogP contribution is -2.40. The molecule has 0 aromatic heterocycles. The van der Waals surface area contributed by atoms with Gasteiger partial charge in [0.2, 0.25) is 11.8 Å². The normalized spacial score (nSPS) is 16.4. The van der Waals surface area contributed by atoms with Crippen molar-refractivity contribution in [2.75, 3.05) is 25.4 Å². The Bertz CT molecular complexity index is 286. The minimum absolute atomic E-state index is 0.0147. The van der Waals surface area contributed by atoms with Gasteiger partial charge in [-0.05, 0) is 37.9 Å². The minimum atomic E-state index is -0.0305. The lowest BCUT2D eigenvalue weighted by Gasteiger charge is -2.19. The highest BCUT2D eigenvalue weighted by atomic mass is 32.1. The molecule has 1 N–H and O–H groups in total. The van der Waals surface area contributed by atoms with Crippen LogP contribution in [0.15, 0.2) is 0 Å². The van der Waals surface area contributed by atoms with E-state index >= 15 is 0 Å². The van der Waals surface area contributed by atoms with E-state index in [2.05, 4.69) is 17.9 Å². The van der Waals surface area contributed by atoms with Crippen LogP contribution in [0.2, 0.25) is 0 Å². The van der Waals surface area contributed by atoms with E-state index in [1.54, 1.807) is 4.90 Å². The second-order valence-electron chi connectivity index (χ2n) is 4.68. The van der Waals surface area contributed by atoms with Gasteiger partial charge in [0, 0.05) is 19.5 Å². The molecule has 17 heavy (non-hydrogen) atoms. The summed E-state index contributed by atoms with van der Waals surface area (Å²) < 4.78 is 0. The predicted octanol–water partition coefficient (Wildman–Crippen LogP) is 1.07. The van der Waals surface area contributed by atoms with Crippen molar-refractivity contribution in [1.82, 2.24) is 10.2 Å². The van der Waals surface area contributed by atoms with Gasteiger partial charge < -0.3 is 10.2 Å². The molecule has 4 nitrogen and oxygen atoms in total. The third-order valence-corrected chi connectivity index (χ3v) is 4.05. The molecule has 0 atom stereocenters. The number of nitrogens with one attached hydrogen (secondary N) is 1. The van der Waals surface area contributed by atoms with Crippen LogP contribution in [0.4, 0.5) is 0 Å². The fourth-order valence-electron chi connectivity index (χ4n) is 1.83. The summed E-state index contributed by atoms with van der Waals surface area (Å²) in [4.78, 5) is 25.0. The standard InChI is InChI=1S/C12H22N2O2S/c1-3-14(4-2)11(16)8-13-10(15)7-12(9-17)5-6-12/h17H,3-9H2,1-2H3,(H,13,15). The van der Waals surface area contributed by atoms with Crippen LogP contribution in [-0.4, -0.2) is 42.1 Å². The minimum Gasteiger partial charge on any atom is -0.347 e. The second-order valence-corrected chi connectivity index (χ2v) is 4.99. The Morgan fingerprint density at radius 2 is 1.88 bits per heavy atom. The number of carbonyl (C=O) groups is 2. The smallest absolute Gasteiger partial charge is 0.241 e. The summed E-state index contributed by atoms with van der Waals surface area (Å²) >= 11 is 4.25. The van der Waals surface area contributed by atoms with E-state index in [4.69, 9.17) is 0 Å². The van der Waals surface area contributed by atoms with Gasteiger partial charge in [0.05, 0.1) is 6.54 Å². The van der Waals surface area contributed by atoms with Gasteiger partial charge in [0.15, 0.2) is 0 Å². The summed E-state index contributed by atoms with van der Waals surface area (Å²) in [5.74, 6) is 0.709. The molecule has 2 amide bonds. The molecule has 1 saturated carbocycles. The first-order chi connectivity index (χ1) is 8.06. The number of nitrogens with zero attached hydrogens (tertiary/aromatic N) is 1. The maximum absolute atomic E-state index is 11.7. The van der Waals surface area contributed by atoms with Crippen molar-refractivity contribution in [2.24, 2.45) is 5.41 Å². The first-order valence-electron chi connectivity index (χ1n) is 6.22. The van der Waals surface area contributed by atoms with Crippen LogP contribution in [0.1, 0.15) is 33.1 Å². The van der Waals surface area contributed by atoms with Gasteiger partial charge in [0.1, 0.15) is 0 Å². The number of amides is 2. The van der Waals surface area contributed by atoms with Gasteiger partial charge in [-0.3, -0.25) is 9.59 Å². The molecule has 0 radical (unpaired) electrons. The van der Waals surface area contributed by atoms with Gasteiger partial charge in [-0.15, -0.1) is 0 Å². The average Bonchev–Trinajstić information content (AvgIpc) is 3.08. The molecule has 0 aliphatic heterocycles. The molecular formula is C12H22N2O2S. The van der Waals surface area contributed by atoms with Crippen molar-refractivity contribution < 1.29 is 9.59 Å². The van der Waals surface area contributed by atoms with Gasteiger partial charge in [-0.25, -0.2) is 0 Å². The maximum atomic E-state index is 11.7. The number of hydrogen-bond donors (Lipinski definition) is 2. The Morgan fingerprint density at radius 1 is 1.29 bits per heavy atom. The molecule has 5 heteroatoms. The van der Waals surface area contributed by atoms with Gasteiger partial charge in [0.25, 0.3) is 0 Å². The molecule has 1 rings (SSSR count). The molecule has 1 fully saturated rings. The van der Waals surface area contributed by atoms with Crippen molar-refractivity contribution in [2.45, 2.75) is 33.1 Å². The van der Waals surface area contributed by atoms with E-state index in [0.717, 1.165) is 18.6 Å². The molecule has 1 aliphatic carbocycles. The SMILES string of the molecule is CCN(CC)C(=O)CNC(=O)CC1(CS)CC1. The third kappa shape index (κ3) is 4.22. The van der Waals surface area contributed by atoms with E-state index in [-0.39, 0.29) is 23.8 Å². The number of carbonyl (C=O) groups excluding carboxylic acids is 2. The van der Waals surface area contributed by atoms with E-state index in [9.17, 15) is 9.59 Å². The summed E-state index contributed by atoms with van der Waals surface area (Å²) in [5, 5.41) is 2.70. The molecule has 0 unspecified atom stereocenters. The van der Waals surface area contributed by atoms with Crippen molar-refractivity contribution in [1.29, 1.82) is 0 Å². The van der Waals surface area contributed by atoms with Gasteiger partial charge in [-0.1, -0.05) is 0 Å². The Labute approximate surface area is 109 Å². The maximum Gasteiger partial charge on any atom is 0.241 e. The molecule has 0 spiro atoms. The quantitative estimate of drug-likeness (QED) is 0.671. The Kier molecular flexibility index (Phi) is 5.31. The molecule has 0 saturated heterocycles. The van der Waals surface area contributed by atoms with Crippen molar-refractivity contribution in [3.63, 3.8) is 0 Å². The molecule has 1 aliphatic rings. The zero-order valence-corrected chi connectivity index (χ0v) is 11.6. The molecule has 0 bridgehead atoms. The number of thiol groups is 1. The summed E-state index contributed by atoms with van der Waals surface area (Å²) in [6, 6.07) is 0. The highest BCUT2D eigenvalue weighted by Crippen LogP contribution is 2.49. The monoisotopic (exact) mass is 258 g/mol. The summed E-state index contributed by atoms with van der Waals surface area (Å²) in [6.45, 7) is 5.35. The first kappa shape index (κ1) is 14.4. The molecular weight excluding hydrogens is 236 g/mol. The number of hydrogen-bond acceptors (Lipinski definition) is 3. The summed E-state index contributed by atoms with van der Waals surface area (Å²) in [6.07, 6.45) is 2.66. The van der Waals surface area contributed by atoms with Crippen LogP contribution in [0.25, 0.3) is 0 Å². The summed E-state index contributed by atoms with van der Waals surface area (Å²) in [5.41, 5.74) is 0.117. The van der Waals surface area contributed by atoms with Gasteiger partial charge >= 0.3 is 0 Å². The zero-order chi connectivity index (χ0) is 12.9. The lowest BCUT2D eigenvalue weighted by atomic mass is 10.1. The predicted molar refractivity (Wildman–Crippen MR) is 71.1 cm³/mol. The Hall–Kier alpha value is -0.710. The highest BCUT2D eigenvalue weighted by Gasteiger charge is 2.42. The molecule has 0 aromatic carbocycles. The lowest BCUT2D eigenvalue weighted by molar-refractivity contribution is -0.132. The van der Waals surface area contributed by atoms with Gasteiger partial charge in [-0.2, -0.15) is 12.6 Å².